The first kappa shape index (κ1) is 13.6. The van der Waals surface area contributed by atoms with Crippen LogP contribution in [0.2, 0.25) is 0 Å². The summed E-state index contributed by atoms with van der Waals surface area (Å²) in [6, 6.07) is 6.95. The number of carbonyl (C=O) groups excluding carboxylic acids is 2. The van der Waals surface area contributed by atoms with Gasteiger partial charge in [0.05, 0.1) is 4.91 Å². The van der Waals surface area contributed by atoms with Crippen molar-refractivity contribution in [3.63, 3.8) is 0 Å². The number of nitrogens with two attached hydrogens (primary N) is 1. The van der Waals surface area contributed by atoms with E-state index in [4.69, 9.17) is 22.7 Å². The standard InChI is InChI=1S/C12H10N2O3S2/c13-10(15)6-17-8-3-1-7(2-4-8)5-9-11(16)14-12(18)19-9/h1-5H,6H2,(H2,13,15)(H,14,16,18)/b9-5-. The van der Waals surface area contributed by atoms with Crippen LogP contribution in [0.1, 0.15) is 5.56 Å². The van der Waals surface area contributed by atoms with E-state index in [1.54, 1.807) is 30.3 Å². The molecule has 0 aliphatic carbocycles. The molecule has 0 saturated carbocycles. The maximum Gasteiger partial charge on any atom is 0.263 e. The fourth-order valence-corrected chi connectivity index (χ4v) is 2.43. The van der Waals surface area contributed by atoms with Gasteiger partial charge in [0.2, 0.25) is 0 Å². The van der Waals surface area contributed by atoms with Crippen molar-refractivity contribution in [3.8, 4) is 5.75 Å². The number of benzene rings is 1. The molecular formula is C12H10N2O3S2. The monoisotopic (exact) mass is 294 g/mol. The molecule has 0 atom stereocenters. The van der Waals surface area contributed by atoms with Crippen LogP contribution < -0.4 is 15.8 Å². The fourth-order valence-electron chi connectivity index (χ4n) is 1.39. The minimum absolute atomic E-state index is 0.160. The molecule has 1 aromatic rings. The molecule has 1 heterocycles. The molecule has 1 aliphatic heterocycles. The third-order valence-corrected chi connectivity index (χ3v) is 3.36. The number of ether oxygens (including phenoxy) is 1. The number of amides is 2. The number of hydrogen-bond acceptors (Lipinski definition) is 5. The first-order valence-electron chi connectivity index (χ1n) is 5.30. The fraction of sp³-hybridized carbons (Fsp3) is 0.0833. The van der Waals surface area contributed by atoms with E-state index in [9.17, 15) is 9.59 Å². The highest BCUT2D eigenvalue weighted by Crippen LogP contribution is 2.26. The van der Waals surface area contributed by atoms with Gasteiger partial charge < -0.3 is 15.8 Å². The zero-order valence-electron chi connectivity index (χ0n) is 9.71. The van der Waals surface area contributed by atoms with Gasteiger partial charge in [-0.05, 0) is 23.8 Å². The van der Waals surface area contributed by atoms with Crippen molar-refractivity contribution in [1.82, 2.24) is 5.32 Å². The summed E-state index contributed by atoms with van der Waals surface area (Å²) in [5.41, 5.74) is 5.82. The molecule has 7 heteroatoms. The maximum absolute atomic E-state index is 11.5. The molecule has 0 spiro atoms. The highest BCUT2D eigenvalue weighted by atomic mass is 32.2. The van der Waals surface area contributed by atoms with E-state index in [1.807, 2.05) is 0 Å². The smallest absolute Gasteiger partial charge is 0.263 e. The molecular weight excluding hydrogens is 284 g/mol. The summed E-state index contributed by atoms with van der Waals surface area (Å²) >= 11 is 6.12. The van der Waals surface area contributed by atoms with E-state index in [-0.39, 0.29) is 12.5 Å². The summed E-state index contributed by atoms with van der Waals surface area (Å²) in [4.78, 5) is 22.6. The van der Waals surface area contributed by atoms with E-state index >= 15 is 0 Å². The van der Waals surface area contributed by atoms with Gasteiger partial charge in [0, 0.05) is 0 Å². The molecule has 1 aromatic carbocycles. The third kappa shape index (κ3) is 3.80. The molecule has 98 valence electrons. The maximum atomic E-state index is 11.5. The van der Waals surface area contributed by atoms with Crippen LogP contribution in [-0.4, -0.2) is 22.7 Å². The van der Waals surface area contributed by atoms with Crippen molar-refractivity contribution < 1.29 is 14.3 Å². The topological polar surface area (TPSA) is 81.4 Å². The molecule has 0 aromatic heterocycles. The highest BCUT2D eigenvalue weighted by Gasteiger charge is 2.21. The quantitative estimate of drug-likeness (QED) is 0.640. The highest BCUT2D eigenvalue weighted by molar-refractivity contribution is 8.26. The Morgan fingerprint density at radius 2 is 2.11 bits per heavy atom. The Morgan fingerprint density at radius 3 is 2.63 bits per heavy atom. The van der Waals surface area contributed by atoms with E-state index in [1.165, 1.54) is 11.8 Å². The summed E-state index contributed by atoms with van der Waals surface area (Å²) in [7, 11) is 0. The molecule has 3 N–H and O–H groups in total. The Labute approximate surface area is 119 Å². The molecule has 19 heavy (non-hydrogen) atoms. The van der Waals surface area contributed by atoms with E-state index < -0.39 is 5.91 Å². The lowest BCUT2D eigenvalue weighted by atomic mass is 10.2. The zero-order valence-corrected chi connectivity index (χ0v) is 11.3. The average molecular weight is 294 g/mol. The normalized spacial score (nSPS) is 16.5. The number of nitrogens with one attached hydrogen (secondary N) is 1. The predicted octanol–water partition coefficient (Wildman–Crippen LogP) is 1.04. The first-order valence-corrected chi connectivity index (χ1v) is 6.53. The molecule has 0 radical (unpaired) electrons. The van der Waals surface area contributed by atoms with Gasteiger partial charge in [0.25, 0.3) is 11.8 Å². The van der Waals surface area contributed by atoms with Gasteiger partial charge in [-0.2, -0.15) is 0 Å². The number of carbonyl (C=O) groups is 2. The largest absolute Gasteiger partial charge is 0.484 e. The van der Waals surface area contributed by atoms with Gasteiger partial charge >= 0.3 is 0 Å². The average Bonchev–Trinajstić information content (AvgIpc) is 2.67. The SMILES string of the molecule is NC(=O)COc1ccc(/C=C2\SC(=S)NC2=O)cc1. The van der Waals surface area contributed by atoms with E-state index in [2.05, 4.69) is 5.32 Å². The van der Waals surface area contributed by atoms with Crippen molar-refractivity contribution >= 4 is 46.2 Å². The summed E-state index contributed by atoms with van der Waals surface area (Å²) in [6.07, 6.45) is 1.73. The molecule has 1 saturated heterocycles. The Bertz CT molecular complexity index is 567. The lowest BCUT2D eigenvalue weighted by Gasteiger charge is -2.03. The Hall–Kier alpha value is -1.86. The van der Waals surface area contributed by atoms with E-state index in [0.717, 1.165) is 5.56 Å². The van der Waals surface area contributed by atoms with Crippen LogP contribution in [0.25, 0.3) is 6.08 Å². The van der Waals surface area contributed by atoms with Crippen LogP contribution in [0.4, 0.5) is 0 Å². The summed E-state index contributed by atoms with van der Waals surface area (Å²) in [6.45, 7) is -0.160. The van der Waals surface area contributed by atoms with E-state index in [0.29, 0.717) is 15.0 Å². The lowest BCUT2D eigenvalue weighted by Crippen LogP contribution is -2.19. The van der Waals surface area contributed by atoms with Gasteiger partial charge in [-0.3, -0.25) is 9.59 Å². The number of thiocarbonyl (C=S) groups is 1. The molecule has 1 fully saturated rings. The number of primary amides is 1. The second-order valence-corrected chi connectivity index (χ2v) is 5.40. The van der Waals surface area contributed by atoms with Crippen molar-refractivity contribution in [2.45, 2.75) is 0 Å². The van der Waals surface area contributed by atoms with Gasteiger partial charge in [0.1, 0.15) is 10.1 Å². The van der Waals surface area contributed by atoms with Crippen LogP contribution >= 0.6 is 24.0 Å². The zero-order chi connectivity index (χ0) is 13.8. The summed E-state index contributed by atoms with van der Waals surface area (Å²) < 4.78 is 5.59. The Kier molecular flexibility index (Phi) is 4.18. The van der Waals surface area contributed by atoms with Crippen LogP contribution in [0.5, 0.6) is 5.75 Å². The van der Waals surface area contributed by atoms with Gasteiger partial charge in [-0.1, -0.05) is 36.1 Å². The van der Waals surface area contributed by atoms with Crippen molar-refractivity contribution in [2.75, 3.05) is 6.61 Å². The number of rotatable bonds is 4. The van der Waals surface area contributed by atoms with Crippen molar-refractivity contribution in [1.29, 1.82) is 0 Å². The predicted molar refractivity (Wildman–Crippen MR) is 77.4 cm³/mol. The van der Waals surface area contributed by atoms with Gasteiger partial charge in [0.15, 0.2) is 6.61 Å². The second-order valence-electron chi connectivity index (χ2n) is 3.68. The molecule has 1 aliphatic rings. The van der Waals surface area contributed by atoms with Crippen LogP contribution in [0.3, 0.4) is 0 Å². The first-order chi connectivity index (χ1) is 9.04. The molecule has 0 unspecified atom stereocenters. The Morgan fingerprint density at radius 1 is 1.42 bits per heavy atom. The lowest BCUT2D eigenvalue weighted by molar-refractivity contribution is -0.120. The van der Waals surface area contributed by atoms with Crippen molar-refractivity contribution in [2.24, 2.45) is 5.73 Å². The molecule has 2 amide bonds. The molecule has 2 rings (SSSR count). The molecule has 0 bridgehead atoms. The second kappa shape index (κ2) is 5.85. The van der Waals surface area contributed by atoms with Gasteiger partial charge in [-0.25, -0.2) is 0 Å². The number of hydrogen-bond donors (Lipinski definition) is 2. The summed E-state index contributed by atoms with van der Waals surface area (Å²) in [5, 5.41) is 2.54. The van der Waals surface area contributed by atoms with Crippen LogP contribution in [0.15, 0.2) is 29.2 Å². The van der Waals surface area contributed by atoms with Crippen LogP contribution in [-0.2, 0) is 9.59 Å². The third-order valence-electron chi connectivity index (χ3n) is 2.20. The Balaban J connectivity index is 2.06. The summed E-state index contributed by atoms with van der Waals surface area (Å²) in [5.74, 6) is -0.178. The minimum atomic E-state index is -0.529. The van der Waals surface area contributed by atoms with Gasteiger partial charge in [-0.15, -0.1) is 0 Å². The molecule has 5 nitrogen and oxygen atoms in total. The minimum Gasteiger partial charge on any atom is -0.484 e. The van der Waals surface area contributed by atoms with Crippen molar-refractivity contribution in [3.05, 3.63) is 34.7 Å². The number of thioether (sulfide) groups is 1. The van der Waals surface area contributed by atoms with Crippen LogP contribution in [0, 0.1) is 0 Å².